The van der Waals surface area contributed by atoms with Gasteiger partial charge in [0, 0.05) is 18.0 Å². The van der Waals surface area contributed by atoms with Gasteiger partial charge in [0.05, 0.1) is 0 Å². The number of nitrogens with zero attached hydrogens (tertiary/aromatic N) is 1. The fourth-order valence-electron chi connectivity index (χ4n) is 1.27. The van der Waals surface area contributed by atoms with Crippen LogP contribution in [0.1, 0.15) is 0 Å². The number of rotatable bonds is 3. The number of hydrogen-bond acceptors (Lipinski definition) is 4. The molecule has 19 heavy (non-hydrogen) atoms. The van der Waals surface area contributed by atoms with Crippen molar-refractivity contribution < 1.29 is 25.8 Å². The highest BCUT2D eigenvalue weighted by Crippen LogP contribution is 2.27. The maximum atomic E-state index is 12.1. The third-order valence-corrected chi connectivity index (χ3v) is 3.09. The molecule has 1 heterocycles. The summed E-state index contributed by atoms with van der Waals surface area (Å²) in [6.07, 6.45) is 3.09. The van der Waals surface area contributed by atoms with Gasteiger partial charge in [-0.25, -0.2) is 4.98 Å². The second-order valence-corrected chi connectivity index (χ2v) is 4.98. The molecule has 0 spiro atoms. The van der Waals surface area contributed by atoms with Crippen molar-refractivity contribution >= 4 is 10.1 Å². The molecule has 0 saturated carbocycles. The summed E-state index contributed by atoms with van der Waals surface area (Å²) in [6.45, 7) is 0. The number of aromatic nitrogens is 2. The molecule has 0 fully saturated rings. The number of alkyl halides is 3. The lowest BCUT2D eigenvalue weighted by molar-refractivity contribution is -0.0500. The summed E-state index contributed by atoms with van der Waals surface area (Å²) < 4.78 is 61.8. The summed E-state index contributed by atoms with van der Waals surface area (Å²) in [7, 11) is -5.64. The standard InChI is InChI=1S/C10H7F3N2O3S/c11-10(12,13)19(16,17)18-8-3-1-7(2-4-8)9-14-5-6-15-9/h1-6H,(H,14,15). The first kappa shape index (κ1) is 13.4. The van der Waals surface area contributed by atoms with Gasteiger partial charge in [-0.15, -0.1) is 0 Å². The zero-order valence-corrected chi connectivity index (χ0v) is 9.99. The number of nitrogens with one attached hydrogen (secondary N) is 1. The lowest BCUT2D eigenvalue weighted by Gasteiger charge is -2.09. The van der Waals surface area contributed by atoms with Crippen LogP contribution in [0.25, 0.3) is 11.4 Å². The van der Waals surface area contributed by atoms with Crippen LogP contribution in [0, 0.1) is 0 Å². The Balaban J connectivity index is 2.21. The van der Waals surface area contributed by atoms with Crippen LogP contribution in [-0.4, -0.2) is 23.9 Å². The van der Waals surface area contributed by atoms with E-state index >= 15 is 0 Å². The van der Waals surface area contributed by atoms with Crippen LogP contribution in [0.3, 0.4) is 0 Å². The number of H-pyrrole nitrogens is 1. The number of hydrogen-bond donors (Lipinski definition) is 1. The molecule has 1 aromatic carbocycles. The maximum absolute atomic E-state index is 12.1. The van der Waals surface area contributed by atoms with Gasteiger partial charge in [0.2, 0.25) is 0 Å². The van der Waals surface area contributed by atoms with Crippen LogP contribution in [0.4, 0.5) is 13.2 Å². The van der Waals surface area contributed by atoms with Crippen LogP contribution >= 0.6 is 0 Å². The Kier molecular flexibility index (Phi) is 3.23. The SMILES string of the molecule is O=S(=O)(Oc1ccc(-c2ncc[nH]2)cc1)C(F)(F)F. The van der Waals surface area contributed by atoms with Crippen molar-refractivity contribution in [2.45, 2.75) is 5.51 Å². The first-order chi connectivity index (χ1) is 8.79. The minimum Gasteiger partial charge on any atom is -0.376 e. The molecule has 0 saturated heterocycles. The molecule has 102 valence electrons. The van der Waals surface area contributed by atoms with Crippen molar-refractivity contribution in [3.63, 3.8) is 0 Å². The van der Waals surface area contributed by atoms with E-state index in [0.717, 1.165) is 12.1 Å². The van der Waals surface area contributed by atoms with E-state index in [1.165, 1.54) is 18.3 Å². The van der Waals surface area contributed by atoms with Crippen molar-refractivity contribution in [1.29, 1.82) is 0 Å². The highest BCUT2D eigenvalue weighted by Gasteiger charge is 2.48. The van der Waals surface area contributed by atoms with Gasteiger partial charge in [0.1, 0.15) is 11.6 Å². The zero-order valence-electron chi connectivity index (χ0n) is 9.18. The van der Waals surface area contributed by atoms with E-state index in [4.69, 9.17) is 0 Å². The monoisotopic (exact) mass is 292 g/mol. The molecule has 0 unspecified atom stereocenters. The molecule has 9 heteroatoms. The number of aromatic amines is 1. The molecule has 1 aromatic heterocycles. The molecule has 0 amide bonds. The fourth-order valence-corrected chi connectivity index (χ4v) is 1.72. The second kappa shape index (κ2) is 4.57. The molecule has 2 rings (SSSR count). The Bertz CT molecular complexity index is 648. The van der Waals surface area contributed by atoms with Crippen LogP contribution in [0.2, 0.25) is 0 Å². The Labute approximate surface area is 106 Å². The van der Waals surface area contributed by atoms with Gasteiger partial charge in [0.25, 0.3) is 0 Å². The summed E-state index contributed by atoms with van der Waals surface area (Å²) in [4.78, 5) is 6.73. The van der Waals surface area contributed by atoms with Gasteiger partial charge in [-0.2, -0.15) is 21.6 Å². The summed E-state index contributed by atoms with van der Waals surface area (Å²) in [6, 6.07) is 5.00. The third-order valence-electron chi connectivity index (χ3n) is 2.12. The molecule has 0 atom stereocenters. The number of benzene rings is 1. The molecular weight excluding hydrogens is 285 g/mol. The van der Waals surface area contributed by atoms with Crippen molar-refractivity contribution in [2.24, 2.45) is 0 Å². The molecule has 2 aromatic rings. The summed E-state index contributed by atoms with van der Waals surface area (Å²) in [5.41, 5.74) is -4.87. The highest BCUT2D eigenvalue weighted by atomic mass is 32.2. The molecule has 0 bridgehead atoms. The van der Waals surface area contributed by atoms with Gasteiger partial charge in [0.15, 0.2) is 0 Å². The van der Waals surface area contributed by atoms with Gasteiger partial charge in [-0.1, -0.05) is 0 Å². The summed E-state index contributed by atoms with van der Waals surface area (Å²) >= 11 is 0. The van der Waals surface area contributed by atoms with Crippen LogP contribution < -0.4 is 4.18 Å². The molecular formula is C10H7F3N2O3S. The van der Waals surface area contributed by atoms with Crippen LogP contribution in [0.5, 0.6) is 5.75 Å². The Hall–Kier alpha value is -2.03. The quantitative estimate of drug-likeness (QED) is 0.696. The first-order valence-electron chi connectivity index (χ1n) is 4.90. The molecule has 0 aliphatic rings. The predicted molar refractivity (Wildman–Crippen MR) is 59.6 cm³/mol. The van der Waals surface area contributed by atoms with E-state index in [-0.39, 0.29) is 0 Å². The summed E-state index contributed by atoms with van der Waals surface area (Å²) in [5.74, 6) is 0.0814. The Morgan fingerprint density at radius 2 is 1.79 bits per heavy atom. The number of imidazole rings is 1. The normalized spacial score (nSPS) is 12.4. The van der Waals surface area contributed by atoms with E-state index < -0.39 is 21.4 Å². The lowest BCUT2D eigenvalue weighted by Crippen LogP contribution is -2.28. The minimum atomic E-state index is -5.64. The number of halogens is 3. The average molecular weight is 292 g/mol. The predicted octanol–water partition coefficient (Wildman–Crippen LogP) is 2.31. The Morgan fingerprint density at radius 3 is 2.26 bits per heavy atom. The molecule has 0 aliphatic carbocycles. The van der Waals surface area contributed by atoms with E-state index in [9.17, 15) is 21.6 Å². The smallest absolute Gasteiger partial charge is 0.376 e. The van der Waals surface area contributed by atoms with Crippen molar-refractivity contribution in [3.05, 3.63) is 36.7 Å². The molecule has 5 nitrogen and oxygen atoms in total. The van der Waals surface area contributed by atoms with E-state index in [2.05, 4.69) is 14.2 Å². The highest BCUT2D eigenvalue weighted by molar-refractivity contribution is 7.87. The molecule has 0 aliphatic heterocycles. The maximum Gasteiger partial charge on any atom is 0.534 e. The van der Waals surface area contributed by atoms with E-state index in [0.29, 0.717) is 11.4 Å². The fraction of sp³-hybridized carbons (Fsp3) is 0.100. The first-order valence-corrected chi connectivity index (χ1v) is 6.31. The van der Waals surface area contributed by atoms with Crippen LogP contribution in [0.15, 0.2) is 36.7 Å². The Morgan fingerprint density at radius 1 is 1.16 bits per heavy atom. The van der Waals surface area contributed by atoms with Crippen molar-refractivity contribution in [1.82, 2.24) is 9.97 Å². The summed E-state index contributed by atoms with van der Waals surface area (Å²) in [5, 5.41) is 0. The van der Waals surface area contributed by atoms with E-state index in [1.54, 1.807) is 6.20 Å². The van der Waals surface area contributed by atoms with E-state index in [1.807, 2.05) is 0 Å². The van der Waals surface area contributed by atoms with Gasteiger partial charge in [-0.3, -0.25) is 0 Å². The second-order valence-electron chi connectivity index (χ2n) is 3.45. The van der Waals surface area contributed by atoms with Crippen molar-refractivity contribution in [3.8, 4) is 17.1 Å². The van der Waals surface area contributed by atoms with Gasteiger partial charge >= 0.3 is 15.6 Å². The van der Waals surface area contributed by atoms with Gasteiger partial charge < -0.3 is 9.17 Å². The topological polar surface area (TPSA) is 72.1 Å². The minimum absolute atomic E-state index is 0.423. The molecule has 0 radical (unpaired) electrons. The third kappa shape index (κ3) is 2.87. The van der Waals surface area contributed by atoms with Crippen molar-refractivity contribution in [2.75, 3.05) is 0 Å². The zero-order chi connectivity index (χ0) is 14.1. The lowest BCUT2D eigenvalue weighted by atomic mass is 10.2. The van der Waals surface area contributed by atoms with Crippen LogP contribution in [-0.2, 0) is 10.1 Å². The molecule has 1 N–H and O–H groups in total. The largest absolute Gasteiger partial charge is 0.534 e. The average Bonchev–Trinajstić information content (AvgIpc) is 2.81. The van der Waals surface area contributed by atoms with Gasteiger partial charge in [-0.05, 0) is 24.3 Å².